The van der Waals surface area contributed by atoms with Crippen LogP contribution in [0.1, 0.15) is 12.8 Å². The Morgan fingerprint density at radius 2 is 2.11 bits per heavy atom. The van der Waals surface area contributed by atoms with Crippen molar-refractivity contribution in [2.75, 3.05) is 6.61 Å². The molecule has 0 aromatic rings. The SMILES string of the molecule is [NH][C@@H]1C[C@@H](CO)[C@@H](O)C1. The van der Waals surface area contributed by atoms with Crippen molar-refractivity contribution in [2.45, 2.75) is 25.0 Å². The van der Waals surface area contributed by atoms with Crippen LogP contribution in [0.4, 0.5) is 0 Å². The van der Waals surface area contributed by atoms with E-state index in [4.69, 9.17) is 15.9 Å². The van der Waals surface area contributed by atoms with Gasteiger partial charge in [-0.25, -0.2) is 0 Å². The van der Waals surface area contributed by atoms with Crippen LogP contribution >= 0.6 is 0 Å². The van der Waals surface area contributed by atoms with Crippen LogP contribution in [0.5, 0.6) is 0 Å². The Hall–Kier alpha value is -0.120. The molecule has 0 spiro atoms. The van der Waals surface area contributed by atoms with Gasteiger partial charge >= 0.3 is 0 Å². The van der Waals surface area contributed by atoms with Crippen molar-refractivity contribution in [1.29, 1.82) is 0 Å². The maximum absolute atomic E-state index is 9.08. The van der Waals surface area contributed by atoms with E-state index in [1.807, 2.05) is 0 Å². The number of aliphatic hydroxyl groups excluding tert-OH is 2. The second kappa shape index (κ2) is 2.64. The van der Waals surface area contributed by atoms with Gasteiger partial charge in [0.15, 0.2) is 0 Å². The van der Waals surface area contributed by atoms with Crippen molar-refractivity contribution in [3.8, 4) is 0 Å². The van der Waals surface area contributed by atoms with Crippen LogP contribution in [0.3, 0.4) is 0 Å². The van der Waals surface area contributed by atoms with E-state index in [1.54, 1.807) is 0 Å². The van der Waals surface area contributed by atoms with Crippen molar-refractivity contribution in [3.05, 3.63) is 0 Å². The fourth-order valence-corrected chi connectivity index (χ4v) is 1.30. The lowest BCUT2D eigenvalue weighted by atomic mass is 10.1. The molecule has 9 heavy (non-hydrogen) atoms. The number of hydrogen-bond acceptors (Lipinski definition) is 2. The highest BCUT2D eigenvalue weighted by atomic mass is 16.3. The molecule has 1 rings (SSSR count). The lowest BCUT2D eigenvalue weighted by Crippen LogP contribution is -2.16. The summed E-state index contributed by atoms with van der Waals surface area (Å²) in [7, 11) is 0. The average Bonchev–Trinajstić information content (AvgIpc) is 2.10. The zero-order chi connectivity index (χ0) is 6.85. The lowest BCUT2D eigenvalue weighted by Gasteiger charge is -2.08. The lowest BCUT2D eigenvalue weighted by molar-refractivity contribution is 0.0908. The number of hydrogen-bond donors (Lipinski definition) is 2. The maximum atomic E-state index is 9.08. The summed E-state index contributed by atoms with van der Waals surface area (Å²) in [6.07, 6.45) is 0.751. The molecule has 0 amide bonds. The van der Waals surface area contributed by atoms with Crippen LogP contribution in [0.15, 0.2) is 0 Å². The summed E-state index contributed by atoms with van der Waals surface area (Å²) in [6, 6.07) is -0.155. The van der Waals surface area contributed by atoms with E-state index < -0.39 is 6.10 Å². The molecule has 1 aliphatic carbocycles. The highest BCUT2D eigenvalue weighted by Crippen LogP contribution is 2.24. The second-order valence-corrected chi connectivity index (χ2v) is 2.68. The molecule has 0 aromatic heterocycles. The number of nitrogens with one attached hydrogen (secondary N) is 1. The molecule has 3 N–H and O–H groups in total. The first-order chi connectivity index (χ1) is 4.24. The quantitative estimate of drug-likeness (QED) is 0.498. The van der Waals surface area contributed by atoms with Crippen LogP contribution in [0, 0.1) is 5.92 Å². The highest BCUT2D eigenvalue weighted by molar-refractivity contribution is 4.84. The van der Waals surface area contributed by atoms with Crippen molar-refractivity contribution < 1.29 is 10.2 Å². The van der Waals surface area contributed by atoms with Crippen LogP contribution in [-0.2, 0) is 0 Å². The van der Waals surface area contributed by atoms with Gasteiger partial charge in [0.25, 0.3) is 0 Å². The molecular formula is C6H12NO2. The summed E-state index contributed by atoms with van der Waals surface area (Å²) < 4.78 is 0. The van der Waals surface area contributed by atoms with Gasteiger partial charge in [-0.2, -0.15) is 0 Å². The fourth-order valence-electron chi connectivity index (χ4n) is 1.30. The van der Waals surface area contributed by atoms with E-state index in [0.29, 0.717) is 12.8 Å². The molecule has 0 bridgehead atoms. The van der Waals surface area contributed by atoms with E-state index in [0.717, 1.165) is 0 Å². The van der Waals surface area contributed by atoms with Crippen molar-refractivity contribution in [1.82, 2.24) is 5.73 Å². The Morgan fingerprint density at radius 1 is 1.44 bits per heavy atom. The molecular weight excluding hydrogens is 118 g/mol. The first-order valence-corrected chi connectivity index (χ1v) is 3.24. The standard InChI is InChI=1S/C6H12NO2/c7-5-1-4(3-8)6(9)2-5/h4-9H,1-3H2/t4-,5+,6-/m0/s1. The summed E-state index contributed by atoms with van der Waals surface area (Å²) in [6.45, 7) is 0.0244. The van der Waals surface area contributed by atoms with Gasteiger partial charge in [0.2, 0.25) is 0 Å². The topological polar surface area (TPSA) is 64.3 Å². The average molecular weight is 130 g/mol. The maximum Gasteiger partial charge on any atom is 0.0606 e. The zero-order valence-corrected chi connectivity index (χ0v) is 5.25. The molecule has 0 aliphatic heterocycles. The van der Waals surface area contributed by atoms with Crippen molar-refractivity contribution in [2.24, 2.45) is 5.92 Å². The monoisotopic (exact) mass is 130 g/mol. The van der Waals surface area contributed by atoms with Gasteiger partial charge in [-0.1, -0.05) is 0 Å². The van der Waals surface area contributed by atoms with Crippen LogP contribution in [0.25, 0.3) is 0 Å². The smallest absolute Gasteiger partial charge is 0.0606 e. The summed E-state index contributed by atoms with van der Waals surface area (Å²) in [5, 5.41) is 17.7. The predicted octanol–water partition coefficient (Wildman–Crippen LogP) is -0.599. The molecule has 1 radical (unpaired) electrons. The van der Waals surface area contributed by atoms with Crippen LogP contribution in [0.2, 0.25) is 0 Å². The van der Waals surface area contributed by atoms with E-state index in [9.17, 15) is 0 Å². The highest BCUT2D eigenvalue weighted by Gasteiger charge is 2.30. The van der Waals surface area contributed by atoms with Crippen LogP contribution in [-0.4, -0.2) is 29.0 Å². The minimum absolute atomic E-state index is 0.0244. The van der Waals surface area contributed by atoms with Gasteiger partial charge in [-0.15, -0.1) is 0 Å². The number of aliphatic hydroxyl groups is 2. The van der Waals surface area contributed by atoms with E-state index in [-0.39, 0.29) is 18.6 Å². The Bertz CT molecular complexity index is 97.1. The molecule has 0 aromatic carbocycles. The summed E-state index contributed by atoms with van der Waals surface area (Å²) in [5.41, 5.74) is 7.22. The summed E-state index contributed by atoms with van der Waals surface area (Å²) in [4.78, 5) is 0. The normalized spacial score (nSPS) is 43.7. The number of rotatable bonds is 1. The molecule has 0 heterocycles. The Balaban J connectivity index is 2.38. The van der Waals surface area contributed by atoms with Crippen molar-refractivity contribution in [3.63, 3.8) is 0 Å². The molecule has 1 saturated carbocycles. The van der Waals surface area contributed by atoms with Gasteiger partial charge in [-0.3, -0.25) is 5.73 Å². The molecule has 0 saturated heterocycles. The third-order valence-electron chi connectivity index (χ3n) is 1.89. The third-order valence-corrected chi connectivity index (χ3v) is 1.89. The van der Waals surface area contributed by atoms with E-state index in [1.165, 1.54) is 0 Å². The van der Waals surface area contributed by atoms with E-state index >= 15 is 0 Å². The summed E-state index contributed by atoms with van der Waals surface area (Å²) in [5.74, 6) is -0.0347. The second-order valence-electron chi connectivity index (χ2n) is 2.68. The van der Waals surface area contributed by atoms with E-state index in [2.05, 4.69) is 0 Å². The largest absolute Gasteiger partial charge is 0.396 e. The fraction of sp³-hybridized carbons (Fsp3) is 1.00. The molecule has 1 aliphatic rings. The van der Waals surface area contributed by atoms with Crippen LogP contribution < -0.4 is 5.73 Å². The van der Waals surface area contributed by atoms with Crippen molar-refractivity contribution >= 4 is 0 Å². The minimum Gasteiger partial charge on any atom is -0.396 e. The Labute approximate surface area is 54.5 Å². The first kappa shape index (κ1) is 6.99. The molecule has 53 valence electrons. The zero-order valence-electron chi connectivity index (χ0n) is 5.25. The van der Waals surface area contributed by atoms with Gasteiger partial charge in [0, 0.05) is 18.6 Å². The van der Waals surface area contributed by atoms with Gasteiger partial charge < -0.3 is 10.2 Å². The Morgan fingerprint density at radius 3 is 2.33 bits per heavy atom. The Kier molecular flexibility index (Phi) is 2.05. The van der Waals surface area contributed by atoms with Gasteiger partial charge in [0.1, 0.15) is 0 Å². The molecule has 3 atom stereocenters. The molecule has 0 unspecified atom stereocenters. The summed E-state index contributed by atoms with van der Waals surface area (Å²) >= 11 is 0. The molecule has 1 fully saturated rings. The first-order valence-electron chi connectivity index (χ1n) is 3.24. The van der Waals surface area contributed by atoms with Gasteiger partial charge in [0.05, 0.1) is 6.10 Å². The third kappa shape index (κ3) is 1.41. The minimum atomic E-state index is -0.433. The molecule has 3 heteroatoms. The molecule has 3 nitrogen and oxygen atoms in total. The predicted molar refractivity (Wildman–Crippen MR) is 32.7 cm³/mol. The van der Waals surface area contributed by atoms with Gasteiger partial charge in [-0.05, 0) is 12.8 Å².